The van der Waals surface area contributed by atoms with Crippen molar-refractivity contribution in [2.75, 3.05) is 13.1 Å². The van der Waals surface area contributed by atoms with Gasteiger partial charge in [0.2, 0.25) is 5.91 Å². The zero-order chi connectivity index (χ0) is 17.8. The molecule has 0 saturated carbocycles. The van der Waals surface area contributed by atoms with Crippen LogP contribution in [0.5, 0.6) is 0 Å². The Bertz CT molecular complexity index is 760. The van der Waals surface area contributed by atoms with E-state index in [1.165, 1.54) is 0 Å². The number of carboxylic acids is 1. The van der Waals surface area contributed by atoms with Gasteiger partial charge in [-0.05, 0) is 43.7 Å². The number of hydrogen-bond acceptors (Lipinski definition) is 4. The highest BCUT2D eigenvalue weighted by Crippen LogP contribution is 2.24. The number of aryl methyl sites for hydroxylation is 1. The third kappa shape index (κ3) is 4.26. The van der Waals surface area contributed by atoms with Crippen LogP contribution in [0.1, 0.15) is 40.2 Å². The Morgan fingerprint density at radius 1 is 1.28 bits per heavy atom. The van der Waals surface area contributed by atoms with Crippen LogP contribution in [0.2, 0.25) is 0 Å². The summed E-state index contributed by atoms with van der Waals surface area (Å²) in [6, 6.07) is 8.94. The van der Waals surface area contributed by atoms with Crippen LogP contribution in [-0.4, -0.2) is 40.1 Å². The monoisotopic (exact) mass is 342 g/mol. The van der Waals surface area contributed by atoms with E-state index in [0.717, 1.165) is 24.8 Å². The van der Waals surface area contributed by atoms with Crippen molar-refractivity contribution in [3.05, 3.63) is 52.9 Å². The average molecular weight is 342 g/mol. The first-order valence-corrected chi connectivity index (χ1v) is 8.54. The van der Waals surface area contributed by atoms with Crippen molar-refractivity contribution in [1.82, 2.24) is 10.1 Å². The molecule has 1 aromatic carbocycles. The Morgan fingerprint density at radius 3 is 2.64 bits per heavy atom. The highest BCUT2D eigenvalue weighted by molar-refractivity contribution is 5.89. The molecule has 1 fully saturated rings. The van der Waals surface area contributed by atoms with Crippen LogP contribution in [0.15, 0.2) is 34.9 Å². The number of likely N-dealkylation sites (tertiary alicyclic amines) is 1. The number of hydrogen-bond donors (Lipinski definition) is 1. The SMILES string of the molecule is Cc1cc(CC(=O)N2CCC(Cc3ccccc3C(=O)O)CC2)no1. The summed E-state index contributed by atoms with van der Waals surface area (Å²) < 4.78 is 5.00. The first kappa shape index (κ1) is 17.2. The smallest absolute Gasteiger partial charge is 0.335 e. The van der Waals surface area contributed by atoms with Gasteiger partial charge in [-0.3, -0.25) is 4.79 Å². The van der Waals surface area contributed by atoms with E-state index in [1.807, 2.05) is 17.0 Å². The van der Waals surface area contributed by atoms with Crippen LogP contribution in [0, 0.1) is 12.8 Å². The Balaban J connectivity index is 1.53. The third-order valence-electron chi connectivity index (χ3n) is 4.73. The van der Waals surface area contributed by atoms with Gasteiger partial charge in [0.25, 0.3) is 0 Å². The number of carbonyl (C=O) groups is 2. The first-order valence-electron chi connectivity index (χ1n) is 8.54. The number of benzene rings is 1. The summed E-state index contributed by atoms with van der Waals surface area (Å²) in [6.07, 6.45) is 2.78. The number of piperidine rings is 1. The number of carboxylic acid groups (broad SMARTS) is 1. The van der Waals surface area contributed by atoms with Gasteiger partial charge in [-0.1, -0.05) is 23.4 Å². The maximum Gasteiger partial charge on any atom is 0.335 e. The molecular weight excluding hydrogens is 320 g/mol. The van der Waals surface area contributed by atoms with Gasteiger partial charge in [-0.15, -0.1) is 0 Å². The second-order valence-corrected chi connectivity index (χ2v) is 6.60. The summed E-state index contributed by atoms with van der Waals surface area (Å²) in [6.45, 7) is 3.21. The van der Waals surface area contributed by atoms with Gasteiger partial charge in [-0.2, -0.15) is 0 Å². The van der Waals surface area contributed by atoms with Crippen molar-refractivity contribution in [3.8, 4) is 0 Å². The highest BCUT2D eigenvalue weighted by atomic mass is 16.5. The topological polar surface area (TPSA) is 83.6 Å². The van der Waals surface area contributed by atoms with E-state index in [4.69, 9.17) is 4.52 Å². The van der Waals surface area contributed by atoms with Crippen LogP contribution >= 0.6 is 0 Å². The molecule has 25 heavy (non-hydrogen) atoms. The van der Waals surface area contributed by atoms with Gasteiger partial charge in [0, 0.05) is 19.2 Å². The summed E-state index contributed by atoms with van der Waals surface area (Å²) in [5.74, 6) is 0.293. The minimum absolute atomic E-state index is 0.0673. The zero-order valence-electron chi connectivity index (χ0n) is 14.3. The Labute approximate surface area is 146 Å². The number of aromatic carboxylic acids is 1. The summed E-state index contributed by atoms with van der Waals surface area (Å²) in [7, 11) is 0. The lowest BCUT2D eigenvalue weighted by molar-refractivity contribution is -0.131. The number of aromatic nitrogens is 1. The van der Waals surface area contributed by atoms with Crippen LogP contribution < -0.4 is 0 Å². The predicted molar refractivity (Wildman–Crippen MR) is 91.4 cm³/mol. The summed E-state index contributed by atoms with van der Waals surface area (Å²) in [5, 5.41) is 13.2. The fourth-order valence-electron chi connectivity index (χ4n) is 3.37. The van der Waals surface area contributed by atoms with Gasteiger partial charge in [0.1, 0.15) is 5.76 Å². The van der Waals surface area contributed by atoms with Crippen molar-refractivity contribution in [1.29, 1.82) is 0 Å². The van der Waals surface area contributed by atoms with Crippen molar-refractivity contribution < 1.29 is 19.2 Å². The Kier molecular flexibility index (Phi) is 5.16. The van der Waals surface area contributed by atoms with E-state index in [-0.39, 0.29) is 12.3 Å². The molecule has 6 nitrogen and oxygen atoms in total. The maximum absolute atomic E-state index is 12.4. The molecule has 1 amide bonds. The number of rotatable bonds is 5. The Morgan fingerprint density at radius 2 is 2.00 bits per heavy atom. The summed E-state index contributed by atoms with van der Waals surface area (Å²) >= 11 is 0. The van der Waals surface area contributed by atoms with E-state index in [0.29, 0.717) is 36.0 Å². The lowest BCUT2D eigenvalue weighted by Gasteiger charge is -2.32. The summed E-state index contributed by atoms with van der Waals surface area (Å²) in [5.41, 5.74) is 1.92. The van der Waals surface area contributed by atoms with E-state index >= 15 is 0 Å². The van der Waals surface area contributed by atoms with E-state index in [1.54, 1.807) is 25.1 Å². The Hall–Kier alpha value is -2.63. The molecule has 0 radical (unpaired) electrons. The molecule has 1 N–H and O–H groups in total. The van der Waals surface area contributed by atoms with E-state index < -0.39 is 5.97 Å². The molecule has 0 bridgehead atoms. The second kappa shape index (κ2) is 7.51. The van der Waals surface area contributed by atoms with Gasteiger partial charge >= 0.3 is 5.97 Å². The molecule has 2 heterocycles. The van der Waals surface area contributed by atoms with Crippen LogP contribution in [-0.2, 0) is 17.6 Å². The molecule has 1 aliphatic rings. The summed E-state index contributed by atoms with van der Waals surface area (Å²) in [4.78, 5) is 25.5. The minimum Gasteiger partial charge on any atom is -0.478 e. The van der Waals surface area contributed by atoms with Crippen LogP contribution in [0.25, 0.3) is 0 Å². The first-order chi connectivity index (χ1) is 12.0. The minimum atomic E-state index is -0.883. The van der Waals surface area contributed by atoms with Crippen molar-refractivity contribution in [3.63, 3.8) is 0 Å². The average Bonchev–Trinajstić information content (AvgIpc) is 3.00. The third-order valence-corrected chi connectivity index (χ3v) is 4.73. The highest BCUT2D eigenvalue weighted by Gasteiger charge is 2.24. The maximum atomic E-state index is 12.4. The van der Waals surface area contributed by atoms with E-state index in [2.05, 4.69) is 5.16 Å². The molecule has 0 spiro atoms. The quantitative estimate of drug-likeness (QED) is 0.903. The standard InChI is InChI=1S/C19H22N2O4/c1-13-10-16(20-25-13)12-18(22)21-8-6-14(7-9-21)11-15-4-2-3-5-17(15)19(23)24/h2-5,10,14H,6-9,11-12H2,1H3,(H,23,24). The molecule has 0 atom stereocenters. The molecule has 1 saturated heterocycles. The molecule has 6 heteroatoms. The number of amides is 1. The van der Waals surface area contributed by atoms with Gasteiger partial charge in [0.05, 0.1) is 17.7 Å². The van der Waals surface area contributed by atoms with Crippen molar-refractivity contribution >= 4 is 11.9 Å². The normalized spacial score (nSPS) is 15.3. The van der Waals surface area contributed by atoms with Crippen LogP contribution in [0.3, 0.4) is 0 Å². The molecule has 0 aliphatic carbocycles. The molecular formula is C19H22N2O4. The predicted octanol–water partition coefficient (Wildman–Crippen LogP) is 2.71. The fourth-order valence-corrected chi connectivity index (χ4v) is 3.37. The van der Waals surface area contributed by atoms with Gasteiger partial charge in [-0.25, -0.2) is 4.79 Å². The van der Waals surface area contributed by atoms with Crippen molar-refractivity contribution in [2.24, 2.45) is 5.92 Å². The van der Waals surface area contributed by atoms with Crippen LogP contribution in [0.4, 0.5) is 0 Å². The molecule has 1 aliphatic heterocycles. The molecule has 1 aromatic heterocycles. The second-order valence-electron chi connectivity index (χ2n) is 6.60. The largest absolute Gasteiger partial charge is 0.478 e. The fraction of sp³-hybridized carbons (Fsp3) is 0.421. The zero-order valence-corrected chi connectivity index (χ0v) is 14.3. The van der Waals surface area contributed by atoms with Crippen molar-refractivity contribution in [2.45, 2.75) is 32.6 Å². The molecule has 3 rings (SSSR count). The number of nitrogens with zero attached hydrogens (tertiary/aromatic N) is 2. The van der Waals surface area contributed by atoms with E-state index in [9.17, 15) is 14.7 Å². The lowest BCUT2D eigenvalue weighted by atomic mass is 9.88. The van der Waals surface area contributed by atoms with Gasteiger partial charge < -0.3 is 14.5 Å². The number of carbonyl (C=O) groups excluding carboxylic acids is 1. The molecule has 132 valence electrons. The lowest BCUT2D eigenvalue weighted by Crippen LogP contribution is -2.39. The molecule has 0 unspecified atom stereocenters. The van der Waals surface area contributed by atoms with Gasteiger partial charge in [0.15, 0.2) is 0 Å². The molecule has 2 aromatic rings.